The number of carbonyl (C=O) groups excluding carboxylic acids is 2. The predicted octanol–water partition coefficient (Wildman–Crippen LogP) is 2.49. The van der Waals surface area contributed by atoms with Gasteiger partial charge in [-0.15, -0.1) is 0 Å². The summed E-state index contributed by atoms with van der Waals surface area (Å²) < 4.78 is 7.59. The van der Waals surface area contributed by atoms with Crippen LogP contribution in [0.5, 0.6) is 0 Å². The summed E-state index contributed by atoms with van der Waals surface area (Å²) >= 11 is 16.4. The van der Waals surface area contributed by atoms with E-state index in [2.05, 4.69) is 10.1 Å². The van der Waals surface area contributed by atoms with Gasteiger partial charge in [-0.2, -0.15) is 0 Å². The van der Waals surface area contributed by atoms with Crippen LogP contribution in [0.25, 0.3) is 0 Å². The first kappa shape index (κ1) is 18.8. The van der Waals surface area contributed by atoms with Gasteiger partial charge in [0.05, 0.1) is 13.7 Å². The average molecular weight is 371 g/mol. The first-order valence-corrected chi connectivity index (χ1v) is 7.17. The number of aliphatic hydroxyl groups excluding tert-OH is 1. The Morgan fingerprint density at radius 1 is 1.27 bits per heavy atom. The van der Waals surface area contributed by atoms with Crippen LogP contribution in [0.4, 0.5) is 4.79 Å². The van der Waals surface area contributed by atoms with Crippen LogP contribution >= 0.6 is 34.8 Å². The van der Waals surface area contributed by atoms with E-state index in [-0.39, 0.29) is 6.61 Å². The van der Waals surface area contributed by atoms with Crippen molar-refractivity contribution in [3.63, 3.8) is 0 Å². The number of rotatable bonds is 5. The van der Waals surface area contributed by atoms with E-state index in [1.807, 2.05) is 0 Å². The van der Waals surface area contributed by atoms with E-state index < -0.39 is 28.5 Å². The summed E-state index contributed by atoms with van der Waals surface area (Å²) in [6, 6.07) is 5.28. The zero-order valence-corrected chi connectivity index (χ0v) is 13.8. The molecular formula is C13H14Cl3NO5. The molecule has 0 aromatic heterocycles. The molecule has 0 aliphatic carbocycles. The lowest BCUT2D eigenvalue weighted by molar-refractivity contribution is -0.143. The van der Waals surface area contributed by atoms with Crippen molar-refractivity contribution in [2.24, 2.45) is 0 Å². The van der Waals surface area contributed by atoms with Crippen molar-refractivity contribution in [2.45, 2.75) is 16.4 Å². The van der Waals surface area contributed by atoms with Gasteiger partial charge in [-0.3, -0.25) is 0 Å². The fourth-order valence-corrected chi connectivity index (χ4v) is 1.68. The molecule has 22 heavy (non-hydrogen) atoms. The summed E-state index contributed by atoms with van der Waals surface area (Å²) in [6.07, 6.45) is -0.937. The van der Waals surface area contributed by atoms with Gasteiger partial charge in [0.25, 0.3) is 0 Å². The summed E-state index contributed by atoms with van der Waals surface area (Å²) in [7, 11) is 1.19. The van der Waals surface area contributed by atoms with Crippen molar-refractivity contribution >= 4 is 46.9 Å². The molecule has 0 fully saturated rings. The Bertz CT molecular complexity index is 515. The molecule has 1 atom stereocenters. The Kier molecular flexibility index (Phi) is 7.22. The molecule has 1 aromatic carbocycles. The number of alkyl halides is 3. The highest BCUT2D eigenvalue weighted by atomic mass is 35.6. The summed E-state index contributed by atoms with van der Waals surface area (Å²) in [4.78, 5) is 23.4. The van der Waals surface area contributed by atoms with Crippen molar-refractivity contribution in [3.05, 3.63) is 35.4 Å². The van der Waals surface area contributed by atoms with Gasteiger partial charge in [-0.25, -0.2) is 9.59 Å². The molecule has 0 heterocycles. The molecule has 1 aromatic rings. The maximum absolute atomic E-state index is 11.8. The van der Waals surface area contributed by atoms with Gasteiger partial charge in [0.1, 0.15) is 6.61 Å². The van der Waals surface area contributed by atoms with Crippen molar-refractivity contribution < 1.29 is 24.2 Å². The predicted molar refractivity (Wildman–Crippen MR) is 81.9 cm³/mol. The highest BCUT2D eigenvalue weighted by molar-refractivity contribution is 6.67. The Morgan fingerprint density at radius 2 is 1.86 bits per heavy atom. The summed E-state index contributed by atoms with van der Waals surface area (Å²) in [6.45, 7) is -0.608. The molecule has 0 saturated carbocycles. The van der Waals surface area contributed by atoms with E-state index in [4.69, 9.17) is 44.6 Å². The topological polar surface area (TPSA) is 84.9 Å². The van der Waals surface area contributed by atoms with Crippen molar-refractivity contribution in [2.75, 3.05) is 13.7 Å². The van der Waals surface area contributed by atoms with Gasteiger partial charge in [-0.05, 0) is 11.1 Å². The zero-order valence-electron chi connectivity index (χ0n) is 11.5. The minimum atomic E-state index is -1.75. The molecule has 0 aliphatic rings. The molecule has 0 bridgehead atoms. The summed E-state index contributed by atoms with van der Waals surface area (Å²) in [5, 5.41) is 11.3. The molecule has 0 saturated heterocycles. The third kappa shape index (κ3) is 6.27. The second kappa shape index (κ2) is 8.43. The third-order valence-corrected chi connectivity index (χ3v) is 2.89. The highest BCUT2D eigenvalue weighted by Crippen LogP contribution is 2.26. The van der Waals surface area contributed by atoms with Gasteiger partial charge >= 0.3 is 12.1 Å². The second-order valence-corrected chi connectivity index (χ2v) is 6.71. The third-order valence-electron chi connectivity index (χ3n) is 2.56. The maximum atomic E-state index is 11.8. The van der Waals surface area contributed by atoms with Crippen LogP contribution in [0.15, 0.2) is 24.3 Å². The van der Waals surface area contributed by atoms with Gasteiger partial charge in [0, 0.05) is 0 Å². The fourth-order valence-electron chi connectivity index (χ4n) is 1.52. The molecule has 0 unspecified atom stereocenters. The molecule has 122 valence electrons. The lowest BCUT2D eigenvalue weighted by atomic mass is 10.1. The van der Waals surface area contributed by atoms with E-state index in [1.165, 1.54) is 7.11 Å². The number of methoxy groups -OCH3 is 1. The number of alkyl carbamates (subject to hydrolysis) is 1. The largest absolute Gasteiger partial charge is 0.467 e. The number of ether oxygens (including phenoxy) is 2. The second-order valence-electron chi connectivity index (χ2n) is 4.19. The number of carbonyl (C=O) groups is 2. The Labute approximate surface area is 142 Å². The Morgan fingerprint density at radius 3 is 2.32 bits per heavy atom. The van der Waals surface area contributed by atoms with Crippen LogP contribution in [0.2, 0.25) is 0 Å². The van der Waals surface area contributed by atoms with E-state index in [1.54, 1.807) is 24.3 Å². The fraction of sp³-hybridized carbons (Fsp3) is 0.385. The standard InChI is InChI=1S/C13H14Cl3NO5/c1-21-11(19)10(9-4-2-8(6-18)3-5-9)17-12(20)22-7-13(14,15)16/h2-5,10,18H,6-7H2,1H3,(H,17,20)/t10-/m1/s1. The summed E-state index contributed by atoms with van der Waals surface area (Å²) in [5.74, 6) is -0.692. The van der Waals surface area contributed by atoms with Gasteiger partial charge in [0.15, 0.2) is 6.04 Å². The lowest BCUT2D eigenvalue weighted by Crippen LogP contribution is -2.36. The first-order chi connectivity index (χ1) is 10.3. The maximum Gasteiger partial charge on any atom is 0.408 e. The van der Waals surface area contributed by atoms with Crippen molar-refractivity contribution in [3.8, 4) is 0 Å². The number of hydrogen-bond donors (Lipinski definition) is 2. The van der Waals surface area contributed by atoms with E-state index >= 15 is 0 Å². The van der Waals surface area contributed by atoms with Gasteiger partial charge in [-0.1, -0.05) is 59.1 Å². The molecule has 9 heteroatoms. The number of aliphatic hydroxyl groups is 1. The zero-order chi connectivity index (χ0) is 16.8. The van der Waals surface area contributed by atoms with Gasteiger partial charge in [0.2, 0.25) is 3.79 Å². The Hall–Kier alpha value is -1.21. The molecule has 0 aliphatic heterocycles. The summed E-state index contributed by atoms with van der Waals surface area (Å²) in [5.41, 5.74) is 1.11. The molecule has 0 radical (unpaired) electrons. The number of nitrogens with one attached hydrogen (secondary N) is 1. The van der Waals surface area contributed by atoms with Crippen LogP contribution in [0.3, 0.4) is 0 Å². The van der Waals surface area contributed by atoms with Crippen LogP contribution in [0, 0.1) is 0 Å². The van der Waals surface area contributed by atoms with Gasteiger partial charge < -0.3 is 19.9 Å². The van der Waals surface area contributed by atoms with E-state index in [0.29, 0.717) is 11.1 Å². The van der Waals surface area contributed by atoms with E-state index in [9.17, 15) is 9.59 Å². The average Bonchev–Trinajstić information content (AvgIpc) is 2.49. The Balaban J connectivity index is 2.80. The molecular weight excluding hydrogens is 357 g/mol. The normalized spacial score (nSPS) is 12.4. The molecule has 2 N–H and O–H groups in total. The number of benzene rings is 1. The van der Waals surface area contributed by atoms with Crippen LogP contribution in [-0.4, -0.2) is 34.7 Å². The van der Waals surface area contributed by atoms with Crippen LogP contribution in [0.1, 0.15) is 17.2 Å². The van der Waals surface area contributed by atoms with Crippen LogP contribution in [-0.2, 0) is 20.9 Å². The minimum Gasteiger partial charge on any atom is -0.467 e. The number of halogens is 3. The smallest absolute Gasteiger partial charge is 0.408 e. The molecule has 1 amide bonds. The number of hydrogen-bond acceptors (Lipinski definition) is 5. The van der Waals surface area contributed by atoms with E-state index in [0.717, 1.165) is 0 Å². The molecule has 0 spiro atoms. The lowest BCUT2D eigenvalue weighted by Gasteiger charge is -2.18. The van der Waals surface area contributed by atoms with Crippen LogP contribution < -0.4 is 5.32 Å². The minimum absolute atomic E-state index is 0.137. The molecule has 6 nitrogen and oxygen atoms in total. The monoisotopic (exact) mass is 369 g/mol. The van der Waals surface area contributed by atoms with Crippen molar-refractivity contribution in [1.82, 2.24) is 5.32 Å². The number of amides is 1. The highest BCUT2D eigenvalue weighted by Gasteiger charge is 2.27. The first-order valence-electron chi connectivity index (χ1n) is 6.04. The van der Waals surface area contributed by atoms with Crippen molar-refractivity contribution in [1.29, 1.82) is 0 Å². The molecule has 1 rings (SSSR count). The quantitative estimate of drug-likeness (QED) is 0.614. The SMILES string of the molecule is COC(=O)[C@H](NC(=O)OCC(Cl)(Cl)Cl)c1ccc(CO)cc1. The number of esters is 1.